The van der Waals surface area contributed by atoms with Crippen molar-refractivity contribution in [2.45, 2.75) is 26.3 Å². The van der Waals surface area contributed by atoms with E-state index in [4.69, 9.17) is 4.52 Å². The molecule has 0 spiro atoms. The number of nitro groups is 1. The number of hydrogen-bond acceptors (Lipinski definition) is 6. The molecular weight excluding hydrogens is 260 g/mol. The molecule has 0 fully saturated rings. The highest BCUT2D eigenvalue weighted by molar-refractivity contribution is 5.59. The number of hydrogen-bond donors (Lipinski definition) is 1. The second-order valence-electron chi connectivity index (χ2n) is 4.67. The average molecular weight is 276 g/mol. The molecule has 1 atom stereocenters. The Morgan fingerprint density at radius 2 is 2.25 bits per heavy atom. The van der Waals surface area contributed by atoms with Gasteiger partial charge in [-0.3, -0.25) is 10.1 Å². The lowest BCUT2D eigenvalue weighted by Gasteiger charge is -2.04. The number of nitrogens with one attached hydrogen (secondary N) is 1. The minimum atomic E-state index is -0.417. The number of benzene rings is 1. The summed E-state index contributed by atoms with van der Waals surface area (Å²) in [7, 11) is 1.86. The Labute approximate surface area is 116 Å². The van der Waals surface area contributed by atoms with Crippen LogP contribution in [0.4, 0.5) is 5.69 Å². The fourth-order valence-electron chi connectivity index (χ4n) is 1.77. The molecule has 0 amide bonds. The van der Waals surface area contributed by atoms with Gasteiger partial charge in [-0.25, -0.2) is 0 Å². The zero-order valence-electron chi connectivity index (χ0n) is 11.6. The van der Waals surface area contributed by atoms with E-state index in [0.29, 0.717) is 29.3 Å². The summed E-state index contributed by atoms with van der Waals surface area (Å²) in [4.78, 5) is 14.8. The number of nitrogens with zero attached hydrogens (tertiary/aromatic N) is 3. The first-order chi connectivity index (χ1) is 9.51. The zero-order chi connectivity index (χ0) is 14.7. The van der Waals surface area contributed by atoms with E-state index < -0.39 is 4.92 Å². The minimum Gasteiger partial charge on any atom is -0.334 e. The van der Waals surface area contributed by atoms with Crippen LogP contribution in [0, 0.1) is 17.0 Å². The molecule has 0 aliphatic heterocycles. The third-order valence-electron chi connectivity index (χ3n) is 3.10. The summed E-state index contributed by atoms with van der Waals surface area (Å²) in [5.41, 5.74) is 1.20. The molecule has 1 unspecified atom stereocenters. The van der Waals surface area contributed by atoms with Crippen LogP contribution in [0.2, 0.25) is 0 Å². The van der Waals surface area contributed by atoms with Gasteiger partial charge in [0, 0.05) is 29.7 Å². The van der Waals surface area contributed by atoms with Crippen LogP contribution < -0.4 is 5.32 Å². The van der Waals surface area contributed by atoms with Crippen molar-refractivity contribution in [1.82, 2.24) is 15.5 Å². The molecule has 2 aromatic rings. The third kappa shape index (κ3) is 3.00. The smallest absolute Gasteiger partial charge is 0.273 e. The largest absolute Gasteiger partial charge is 0.334 e. The number of nitro benzene ring substituents is 1. The van der Waals surface area contributed by atoms with Crippen LogP contribution in [0.5, 0.6) is 0 Å². The van der Waals surface area contributed by atoms with Crippen LogP contribution in [0.15, 0.2) is 22.7 Å². The summed E-state index contributed by atoms with van der Waals surface area (Å²) in [5, 5.41) is 17.9. The maximum atomic E-state index is 10.9. The Kier molecular flexibility index (Phi) is 4.09. The van der Waals surface area contributed by atoms with Crippen molar-refractivity contribution < 1.29 is 9.45 Å². The van der Waals surface area contributed by atoms with Gasteiger partial charge in [-0.1, -0.05) is 11.2 Å². The first kappa shape index (κ1) is 14.1. The van der Waals surface area contributed by atoms with Crippen LogP contribution in [0.3, 0.4) is 0 Å². The number of aryl methyl sites for hydroxylation is 1. The van der Waals surface area contributed by atoms with Crippen molar-refractivity contribution in [3.05, 3.63) is 39.7 Å². The van der Waals surface area contributed by atoms with E-state index in [-0.39, 0.29) is 11.7 Å². The Bertz CT molecular complexity index is 624. The van der Waals surface area contributed by atoms with Crippen LogP contribution >= 0.6 is 0 Å². The number of likely N-dealkylation sites (N-methyl/N-ethyl adjacent to an activating group) is 1. The van der Waals surface area contributed by atoms with Gasteiger partial charge in [0.15, 0.2) is 5.82 Å². The van der Waals surface area contributed by atoms with Crippen molar-refractivity contribution in [1.29, 1.82) is 0 Å². The second kappa shape index (κ2) is 5.79. The molecule has 0 bridgehead atoms. The highest BCUT2D eigenvalue weighted by Crippen LogP contribution is 2.25. The maximum Gasteiger partial charge on any atom is 0.273 e. The first-order valence-corrected chi connectivity index (χ1v) is 6.26. The molecule has 0 saturated heterocycles. The molecule has 0 aliphatic carbocycles. The fraction of sp³-hybridized carbons (Fsp3) is 0.385. The fourth-order valence-corrected chi connectivity index (χ4v) is 1.77. The van der Waals surface area contributed by atoms with Gasteiger partial charge in [0.05, 0.1) is 4.92 Å². The number of aromatic nitrogens is 2. The zero-order valence-corrected chi connectivity index (χ0v) is 11.6. The molecule has 1 N–H and O–H groups in total. The summed E-state index contributed by atoms with van der Waals surface area (Å²) in [6.07, 6.45) is 0.633. The molecule has 1 heterocycles. The lowest BCUT2D eigenvalue weighted by atomic mass is 10.1. The quantitative estimate of drug-likeness (QED) is 0.664. The predicted molar refractivity (Wildman–Crippen MR) is 73.4 cm³/mol. The number of rotatable bonds is 5. The lowest BCUT2D eigenvalue weighted by molar-refractivity contribution is -0.385. The normalized spacial score (nSPS) is 12.3. The molecule has 0 saturated carbocycles. The van der Waals surface area contributed by atoms with Crippen LogP contribution in [-0.4, -0.2) is 28.2 Å². The Morgan fingerprint density at radius 3 is 2.90 bits per heavy atom. The summed E-state index contributed by atoms with van der Waals surface area (Å²) >= 11 is 0. The van der Waals surface area contributed by atoms with Crippen LogP contribution in [0.25, 0.3) is 11.5 Å². The van der Waals surface area contributed by atoms with Crippen molar-refractivity contribution in [3.63, 3.8) is 0 Å². The second-order valence-corrected chi connectivity index (χ2v) is 4.67. The monoisotopic (exact) mass is 276 g/mol. The summed E-state index contributed by atoms with van der Waals surface area (Å²) in [6.45, 7) is 3.70. The summed E-state index contributed by atoms with van der Waals surface area (Å²) in [6, 6.07) is 5.09. The van der Waals surface area contributed by atoms with Gasteiger partial charge in [-0.15, -0.1) is 0 Å². The minimum absolute atomic E-state index is 0.0471. The third-order valence-corrected chi connectivity index (χ3v) is 3.10. The van der Waals surface area contributed by atoms with Gasteiger partial charge < -0.3 is 9.84 Å². The van der Waals surface area contributed by atoms with Gasteiger partial charge in [0.1, 0.15) is 0 Å². The molecule has 20 heavy (non-hydrogen) atoms. The molecule has 1 aromatic heterocycles. The van der Waals surface area contributed by atoms with Crippen molar-refractivity contribution in [3.8, 4) is 11.5 Å². The summed E-state index contributed by atoms with van der Waals surface area (Å²) in [5.74, 6) is 0.872. The van der Waals surface area contributed by atoms with Gasteiger partial charge in [0.2, 0.25) is 0 Å². The Hall–Kier alpha value is -2.28. The average Bonchev–Trinajstić information content (AvgIpc) is 2.87. The summed E-state index contributed by atoms with van der Waals surface area (Å²) < 4.78 is 5.16. The van der Waals surface area contributed by atoms with Gasteiger partial charge in [-0.2, -0.15) is 4.98 Å². The van der Waals surface area contributed by atoms with E-state index >= 15 is 0 Å². The van der Waals surface area contributed by atoms with Gasteiger partial charge in [-0.05, 0) is 27.0 Å². The lowest BCUT2D eigenvalue weighted by Crippen LogP contribution is -2.24. The van der Waals surface area contributed by atoms with Crippen molar-refractivity contribution in [2.75, 3.05) is 7.05 Å². The van der Waals surface area contributed by atoms with E-state index in [1.165, 1.54) is 6.07 Å². The van der Waals surface area contributed by atoms with Gasteiger partial charge >= 0.3 is 0 Å². The topological polar surface area (TPSA) is 94.1 Å². The van der Waals surface area contributed by atoms with Gasteiger partial charge in [0.25, 0.3) is 11.6 Å². The van der Waals surface area contributed by atoms with Crippen LogP contribution in [-0.2, 0) is 6.42 Å². The molecule has 106 valence electrons. The highest BCUT2D eigenvalue weighted by atomic mass is 16.6. The van der Waals surface area contributed by atoms with E-state index in [1.807, 2.05) is 14.0 Å². The molecule has 1 aromatic carbocycles. The molecule has 0 radical (unpaired) electrons. The first-order valence-electron chi connectivity index (χ1n) is 6.26. The standard InChI is InChI=1S/C13H16N4O3/c1-8-4-5-10(7-11(8)17(18)19)13-15-12(16-20-13)6-9(2)14-3/h4-5,7,9,14H,6H2,1-3H3. The molecule has 0 aliphatic rings. The predicted octanol–water partition coefficient (Wildman–Crippen LogP) is 2.10. The van der Waals surface area contributed by atoms with E-state index in [0.717, 1.165) is 0 Å². The highest BCUT2D eigenvalue weighted by Gasteiger charge is 2.16. The van der Waals surface area contributed by atoms with Crippen molar-refractivity contribution in [2.24, 2.45) is 0 Å². The van der Waals surface area contributed by atoms with Crippen LogP contribution in [0.1, 0.15) is 18.3 Å². The molecule has 2 rings (SSSR count). The molecule has 7 heteroatoms. The van der Waals surface area contributed by atoms with E-state index in [1.54, 1.807) is 19.1 Å². The molecular formula is C13H16N4O3. The Morgan fingerprint density at radius 1 is 1.50 bits per heavy atom. The maximum absolute atomic E-state index is 10.9. The Balaban J connectivity index is 2.28. The van der Waals surface area contributed by atoms with Crippen molar-refractivity contribution >= 4 is 5.69 Å². The van der Waals surface area contributed by atoms with E-state index in [2.05, 4.69) is 15.5 Å². The molecule has 7 nitrogen and oxygen atoms in total. The SMILES string of the molecule is CNC(C)Cc1noc(-c2ccc(C)c([N+](=O)[O-])c2)n1. The van der Waals surface area contributed by atoms with E-state index in [9.17, 15) is 10.1 Å².